The summed E-state index contributed by atoms with van der Waals surface area (Å²) < 4.78 is 0. The van der Waals surface area contributed by atoms with Crippen LogP contribution >= 0.6 is 0 Å². The number of amides is 4. The second-order valence-electron chi connectivity index (χ2n) is 3.88. The highest BCUT2D eigenvalue weighted by Crippen LogP contribution is 2.25. The lowest BCUT2D eigenvalue weighted by Gasteiger charge is -2.20. The summed E-state index contributed by atoms with van der Waals surface area (Å²) in [6.07, 6.45) is -0.0585. The van der Waals surface area contributed by atoms with E-state index in [1.165, 1.54) is 12.1 Å². The third-order valence-corrected chi connectivity index (χ3v) is 2.60. The zero-order chi connectivity index (χ0) is 13.3. The van der Waals surface area contributed by atoms with Gasteiger partial charge in [-0.1, -0.05) is 6.07 Å². The van der Waals surface area contributed by atoms with Crippen molar-refractivity contribution in [3.05, 3.63) is 23.8 Å². The van der Waals surface area contributed by atoms with E-state index in [2.05, 4.69) is 0 Å². The molecular formula is C11H10N2O5. The number of imide groups is 2. The van der Waals surface area contributed by atoms with Crippen molar-refractivity contribution in [3.63, 3.8) is 0 Å². The predicted molar refractivity (Wildman–Crippen MR) is 58.6 cm³/mol. The minimum atomic E-state index is -1.09. The zero-order valence-corrected chi connectivity index (χ0v) is 9.14. The Bertz CT molecular complexity index is 520. The van der Waals surface area contributed by atoms with E-state index in [1.807, 2.05) is 10.6 Å². The zero-order valence-electron chi connectivity index (χ0n) is 9.14. The van der Waals surface area contributed by atoms with Gasteiger partial charge >= 0.3 is 6.03 Å². The molecule has 0 unspecified atom stereocenters. The molecule has 0 aromatic heterocycles. The van der Waals surface area contributed by atoms with Crippen LogP contribution in [0, 0.1) is 5.92 Å². The fourth-order valence-corrected chi connectivity index (χ4v) is 1.68. The van der Waals surface area contributed by atoms with Gasteiger partial charge in [-0.2, -0.15) is 0 Å². The number of urea groups is 1. The fraction of sp³-hybridized carbons (Fsp3) is 0.182. The van der Waals surface area contributed by atoms with Crippen LogP contribution in [-0.4, -0.2) is 28.1 Å². The van der Waals surface area contributed by atoms with Crippen molar-refractivity contribution < 1.29 is 24.6 Å². The average Bonchev–Trinajstić information content (AvgIpc) is 2.25. The van der Waals surface area contributed by atoms with Gasteiger partial charge < -0.3 is 10.2 Å². The molecule has 0 atom stereocenters. The Balaban J connectivity index is 2.20. The summed E-state index contributed by atoms with van der Waals surface area (Å²) in [5.74, 6) is -2.85. The Hall–Kier alpha value is -2.57. The summed E-state index contributed by atoms with van der Waals surface area (Å²) >= 11 is 0. The topological polar surface area (TPSA) is 116 Å². The molecule has 7 heteroatoms. The summed E-state index contributed by atoms with van der Waals surface area (Å²) in [6, 6.07) is 3.00. The van der Waals surface area contributed by atoms with Crippen molar-refractivity contribution in [1.29, 1.82) is 0 Å². The number of hydrogen-bond donors (Lipinski definition) is 4. The van der Waals surface area contributed by atoms with Crippen LogP contribution in [0.2, 0.25) is 0 Å². The summed E-state index contributed by atoms with van der Waals surface area (Å²) in [7, 11) is 0. The molecule has 18 heavy (non-hydrogen) atoms. The first-order chi connectivity index (χ1) is 8.47. The molecule has 4 amide bonds. The highest BCUT2D eigenvalue weighted by Gasteiger charge is 2.34. The Labute approximate surface area is 101 Å². The molecular weight excluding hydrogens is 240 g/mol. The van der Waals surface area contributed by atoms with Gasteiger partial charge in [-0.25, -0.2) is 4.79 Å². The lowest BCUT2D eigenvalue weighted by atomic mass is 9.96. The van der Waals surface area contributed by atoms with Gasteiger partial charge in [0.2, 0.25) is 11.8 Å². The second-order valence-corrected chi connectivity index (χ2v) is 3.88. The lowest BCUT2D eigenvalue weighted by Crippen LogP contribution is -2.56. The van der Waals surface area contributed by atoms with E-state index < -0.39 is 23.8 Å². The quantitative estimate of drug-likeness (QED) is 0.534. The molecule has 1 saturated heterocycles. The third-order valence-electron chi connectivity index (χ3n) is 2.60. The molecule has 2 rings (SSSR count). The van der Waals surface area contributed by atoms with Crippen LogP contribution in [0.15, 0.2) is 18.2 Å². The maximum atomic E-state index is 11.5. The number of carbonyl (C=O) groups excluding carboxylic acids is 3. The standard InChI is InChI=1S/C11H10N2O5/c14-6-2-1-5(8(15)4-6)3-7-9(16)12-11(18)13-10(7)17/h1-2,4,7,14-15H,3H2,(H2,12,13,16,17,18). The minimum Gasteiger partial charge on any atom is -0.508 e. The van der Waals surface area contributed by atoms with E-state index in [1.54, 1.807) is 0 Å². The number of hydrogen-bond acceptors (Lipinski definition) is 5. The van der Waals surface area contributed by atoms with Gasteiger partial charge in [0.25, 0.3) is 0 Å². The van der Waals surface area contributed by atoms with Crippen molar-refractivity contribution in [1.82, 2.24) is 10.6 Å². The number of aromatic hydroxyl groups is 2. The number of benzene rings is 1. The SMILES string of the molecule is O=C1NC(=O)C(Cc2ccc(O)cc2O)C(=O)N1. The van der Waals surface area contributed by atoms with Crippen LogP contribution < -0.4 is 10.6 Å². The van der Waals surface area contributed by atoms with Crippen molar-refractivity contribution >= 4 is 17.8 Å². The maximum Gasteiger partial charge on any atom is 0.328 e. The van der Waals surface area contributed by atoms with Crippen LogP contribution in [0.4, 0.5) is 4.79 Å². The van der Waals surface area contributed by atoms with Crippen molar-refractivity contribution in [3.8, 4) is 11.5 Å². The first-order valence-corrected chi connectivity index (χ1v) is 5.14. The van der Waals surface area contributed by atoms with Crippen molar-refractivity contribution in [2.24, 2.45) is 5.92 Å². The minimum absolute atomic E-state index is 0.0585. The molecule has 0 spiro atoms. The van der Waals surface area contributed by atoms with Crippen molar-refractivity contribution in [2.45, 2.75) is 6.42 Å². The monoisotopic (exact) mass is 250 g/mol. The summed E-state index contributed by atoms with van der Waals surface area (Å²) in [5.41, 5.74) is 0.331. The third kappa shape index (κ3) is 2.24. The number of carbonyl (C=O) groups is 3. The first-order valence-electron chi connectivity index (χ1n) is 5.14. The molecule has 0 saturated carbocycles. The maximum absolute atomic E-state index is 11.5. The van der Waals surface area contributed by atoms with E-state index in [4.69, 9.17) is 5.11 Å². The number of phenolic OH excluding ortho intramolecular Hbond substituents is 2. The highest BCUT2D eigenvalue weighted by atomic mass is 16.3. The molecule has 0 radical (unpaired) electrons. The number of rotatable bonds is 2. The molecule has 1 aliphatic heterocycles. The Kier molecular flexibility index (Phi) is 2.88. The van der Waals surface area contributed by atoms with E-state index >= 15 is 0 Å². The van der Waals surface area contributed by atoms with Gasteiger partial charge in [-0.05, 0) is 18.1 Å². The van der Waals surface area contributed by atoms with Crippen LogP contribution in [0.25, 0.3) is 0 Å². The molecule has 1 aromatic carbocycles. The number of phenols is 2. The van der Waals surface area contributed by atoms with E-state index in [0.717, 1.165) is 6.07 Å². The molecule has 4 N–H and O–H groups in total. The van der Waals surface area contributed by atoms with Crippen LogP contribution in [-0.2, 0) is 16.0 Å². The van der Waals surface area contributed by atoms with Crippen LogP contribution in [0.1, 0.15) is 5.56 Å². The molecule has 1 fully saturated rings. The van der Waals surface area contributed by atoms with Gasteiger partial charge in [0.05, 0.1) is 0 Å². The molecule has 0 bridgehead atoms. The number of barbiturate groups is 1. The Morgan fingerprint density at radius 3 is 2.22 bits per heavy atom. The number of nitrogens with one attached hydrogen (secondary N) is 2. The smallest absolute Gasteiger partial charge is 0.328 e. The Morgan fingerprint density at radius 2 is 1.67 bits per heavy atom. The van der Waals surface area contributed by atoms with Gasteiger partial charge in [0.15, 0.2) is 0 Å². The molecule has 1 heterocycles. The summed E-state index contributed by atoms with van der Waals surface area (Å²) in [4.78, 5) is 33.8. The largest absolute Gasteiger partial charge is 0.508 e. The normalized spacial score (nSPS) is 16.3. The van der Waals surface area contributed by atoms with Gasteiger partial charge in [-0.3, -0.25) is 20.2 Å². The predicted octanol–water partition coefficient (Wildman–Crippen LogP) is -0.378. The average molecular weight is 250 g/mol. The second kappa shape index (κ2) is 4.36. The van der Waals surface area contributed by atoms with E-state index in [0.29, 0.717) is 5.56 Å². The van der Waals surface area contributed by atoms with Gasteiger partial charge in [0.1, 0.15) is 17.4 Å². The summed E-state index contributed by atoms with van der Waals surface area (Å²) in [6.45, 7) is 0. The molecule has 1 aliphatic rings. The van der Waals surface area contributed by atoms with E-state index in [-0.39, 0.29) is 17.9 Å². The molecule has 7 nitrogen and oxygen atoms in total. The molecule has 0 aliphatic carbocycles. The van der Waals surface area contributed by atoms with Gasteiger partial charge in [-0.15, -0.1) is 0 Å². The van der Waals surface area contributed by atoms with Crippen LogP contribution in [0.3, 0.4) is 0 Å². The highest BCUT2D eigenvalue weighted by molar-refractivity contribution is 6.16. The van der Waals surface area contributed by atoms with Crippen molar-refractivity contribution in [2.75, 3.05) is 0 Å². The fourth-order valence-electron chi connectivity index (χ4n) is 1.68. The molecule has 1 aromatic rings. The Morgan fingerprint density at radius 1 is 1.06 bits per heavy atom. The molecule has 94 valence electrons. The summed E-state index contributed by atoms with van der Waals surface area (Å²) in [5, 5.41) is 22.6. The van der Waals surface area contributed by atoms with Gasteiger partial charge in [0, 0.05) is 6.07 Å². The van der Waals surface area contributed by atoms with E-state index in [9.17, 15) is 19.5 Å². The first kappa shape index (κ1) is 11.9. The lowest BCUT2D eigenvalue weighted by molar-refractivity contribution is -0.135. The van der Waals surface area contributed by atoms with Crippen LogP contribution in [0.5, 0.6) is 11.5 Å².